The van der Waals surface area contributed by atoms with Gasteiger partial charge in [-0.05, 0) is 31.0 Å². The molecule has 0 aliphatic carbocycles. The van der Waals surface area contributed by atoms with Crippen LogP contribution in [0, 0.1) is 5.92 Å². The smallest absolute Gasteiger partial charge is 0.150 e. The molecule has 21 heavy (non-hydrogen) atoms. The first-order valence-corrected chi connectivity index (χ1v) is 9.24. The number of pyridine rings is 1. The molecule has 5 nitrogen and oxygen atoms in total. The van der Waals surface area contributed by atoms with E-state index in [-0.39, 0.29) is 11.5 Å². The topological polar surface area (TPSA) is 68.3 Å². The molecule has 0 atom stereocenters. The summed E-state index contributed by atoms with van der Waals surface area (Å²) >= 11 is 0. The number of rotatable bonds is 10. The summed E-state index contributed by atoms with van der Waals surface area (Å²) in [6, 6.07) is 3.79. The summed E-state index contributed by atoms with van der Waals surface area (Å²) in [6.45, 7) is 8.09. The number of aromatic nitrogens is 1. The highest BCUT2D eigenvalue weighted by Gasteiger charge is 2.06. The van der Waals surface area contributed by atoms with Gasteiger partial charge in [-0.1, -0.05) is 20.8 Å². The van der Waals surface area contributed by atoms with E-state index < -0.39 is 9.84 Å². The minimum absolute atomic E-state index is 0.175. The number of nitrogens with one attached hydrogen (secondary N) is 1. The van der Waals surface area contributed by atoms with E-state index in [0.717, 1.165) is 18.8 Å². The zero-order valence-corrected chi connectivity index (χ0v) is 13.9. The first-order chi connectivity index (χ1) is 9.93. The van der Waals surface area contributed by atoms with Crippen molar-refractivity contribution in [2.24, 2.45) is 5.92 Å². The van der Waals surface area contributed by atoms with Gasteiger partial charge in [0.15, 0.2) is 0 Å². The lowest BCUT2D eigenvalue weighted by Gasteiger charge is -2.08. The number of hydrogen-bond acceptors (Lipinski definition) is 5. The Morgan fingerprint density at radius 3 is 2.67 bits per heavy atom. The standard InChI is InChI=1S/C15H26N2O3S/c1-4-21(18,19)9-5-8-20-15-7-6-14(17-12-15)11-16-10-13(2)3/h6-7,12-13,16H,4-5,8-11H2,1-3H3. The van der Waals surface area contributed by atoms with Crippen LogP contribution in [0.4, 0.5) is 0 Å². The Morgan fingerprint density at radius 1 is 1.33 bits per heavy atom. The van der Waals surface area contributed by atoms with E-state index in [2.05, 4.69) is 24.1 Å². The molecule has 0 aliphatic rings. The summed E-state index contributed by atoms with van der Waals surface area (Å²) in [5.74, 6) is 1.66. The lowest BCUT2D eigenvalue weighted by atomic mass is 10.2. The zero-order chi connectivity index (χ0) is 15.7. The maximum Gasteiger partial charge on any atom is 0.150 e. The van der Waals surface area contributed by atoms with Crippen LogP contribution in [0.2, 0.25) is 0 Å². The Bertz CT molecular complexity index is 498. The molecule has 0 aromatic carbocycles. The number of nitrogens with zero attached hydrogens (tertiary/aromatic N) is 1. The third kappa shape index (κ3) is 8.02. The highest BCUT2D eigenvalue weighted by atomic mass is 32.2. The van der Waals surface area contributed by atoms with Crippen molar-refractivity contribution in [2.75, 3.05) is 24.7 Å². The van der Waals surface area contributed by atoms with Gasteiger partial charge in [-0.25, -0.2) is 8.42 Å². The Kier molecular flexibility index (Phi) is 7.67. The number of hydrogen-bond donors (Lipinski definition) is 1. The quantitative estimate of drug-likeness (QED) is 0.669. The summed E-state index contributed by atoms with van der Waals surface area (Å²) < 4.78 is 28.2. The minimum Gasteiger partial charge on any atom is -0.492 e. The third-order valence-corrected chi connectivity index (χ3v) is 4.75. The molecule has 0 saturated carbocycles. The summed E-state index contributed by atoms with van der Waals surface area (Å²) in [5, 5.41) is 3.33. The lowest BCUT2D eigenvalue weighted by molar-refractivity contribution is 0.316. The number of sulfone groups is 1. The molecule has 0 fully saturated rings. The Labute approximate surface area is 128 Å². The Hall–Kier alpha value is -1.14. The van der Waals surface area contributed by atoms with Crippen LogP contribution in [0.25, 0.3) is 0 Å². The molecule has 1 N–H and O–H groups in total. The number of ether oxygens (including phenoxy) is 1. The van der Waals surface area contributed by atoms with Crippen molar-refractivity contribution in [3.05, 3.63) is 24.0 Å². The van der Waals surface area contributed by atoms with Crippen molar-refractivity contribution in [1.82, 2.24) is 10.3 Å². The van der Waals surface area contributed by atoms with Crippen LogP contribution in [-0.2, 0) is 16.4 Å². The van der Waals surface area contributed by atoms with Crippen LogP contribution < -0.4 is 10.1 Å². The second-order valence-electron chi connectivity index (χ2n) is 5.45. The van der Waals surface area contributed by atoms with E-state index >= 15 is 0 Å². The van der Waals surface area contributed by atoms with Gasteiger partial charge in [0.05, 0.1) is 24.3 Å². The molecule has 0 amide bonds. The van der Waals surface area contributed by atoms with Gasteiger partial charge in [0.1, 0.15) is 15.6 Å². The summed E-state index contributed by atoms with van der Waals surface area (Å²) in [7, 11) is -2.90. The van der Waals surface area contributed by atoms with Crippen LogP contribution in [0.1, 0.15) is 32.9 Å². The van der Waals surface area contributed by atoms with Crippen molar-refractivity contribution in [2.45, 2.75) is 33.7 Å². The molecule has 0 bridgehead atoms. The van der Waals surface area contributed by atoms with Gasteiger partial charge < -0.3 is 10.1 Å². The fourth-order valence-corrected chi connectivity index (χ4v) is 2.55. The van der Waals surface area contributed by atoms with Gasteiger partial charge in [-0.2, -0.15) is 0 Å². The summed E-state index contributed by atoms with van der Waals surface area (Å²) in [4.78, 5) is 4.31. The van der Waals surface area contributed by atoms with Crippen LogP contribution in [0.3, 0.4) is 0 Å². The fourth-order valence-electron chi connectivity index (χ4n) is 1.70. The minimum atomic E-state index is -2.90. The lowest BCUT2D eigenvalue weighted by Crippen LogP contribution is -2.19. The average molecular weight is 314 g/mol. The van der Waals surface area contributed by atoms with E-state index in [1.807, 2.05) is 12.1 Å². The van der Waals surface area contributed by atoms with Gasteiger partial charge in [0.25, 0.3) is 0 Å². The molecule has 1 heterocycles. The fraction of sp³-hybridized carbons (Fsp3) is 0.667. The van der Waals surface area contributed by atoms with Crippen molar-refractivity contribution in [3.8, 4) is 5.75 Å². The van der Waals surface area contributed by atoms with Gasteiger partial charge in [0.2, 0.25) is 0 Å². The molecule has 1 aromatic rings. The maximum absolute atomic E-state index is 11.3. The predicted molar refractivity (Wildman–Crippen MR) is 85.2 cm³/mol. The molecular formula is C15H26N2O3S. The normalized spacial score (nSPS) is 11.8. The highest BCUT2D eigenvalue weighted by molar-refractivity contribution is 7.91. The van der Waals surface area contributed by atoms with E-state index in [4.69, 9.17) is 4.74 Å². The third-order valence-electron chi connectivity index (χ3n) is 2.96. The molecule has 1 rings (SSSR count). The Morgan fingerprint density at radius 2 is 2.10 bits per heavy atom. The molecule has 0 saturated heterocycles. The molecule has 0 spiro atoms. The van der Waals surface area contributed by atoms with Gasteiger partial charge >= 0.3 is 0 Å². The molecule has 0 aliphatic heterocycles. The predicted octanol–water partition coefficient (Wildman–Crippen LogP) is 2.03. The molecule has 6 heteroatoms. The van der Waals surface area contributed by atoms with E-state index in [0.29, 0.717) is 24.7 Å². The Balaban J connectivity index is 2.28. The monoisotopic (exact) mass is 314 g/mol. The summed E-state index contributed by atoms with van der Waals surface area (Å²) in [5.41, 5.74) is 0.969. The van der Waals surface area contributed by atoms with Crippen LogP contribution in [0.5, 0.6) is 5.75 Å². The second kappa shape index (κ2) is 9.00. The van der Waals surface area contributed by atoms with Crippen LogP contribution in [-0.4, -0.2) is 38.1 Å². The van der Waals surface area contributed by atoms with Crippen LogP contribution in [0.15, 0.2) is 18.3 Å². The molecule has 1 aromatic heterocycles. The van der Waals surface area contributed by atoms with Crippen molar-refractivity contribution >= 4 is 9.84 Å². The molecule has 120 valence electrons. The largest absolute Gasteiger partial charge is 0.492 e. The molecule has 0 unspecified atom stereocenters. The highest BCUT2D eigenvalue weighted by Crippen LogP contribution is 2.09. The average Bonchev–Trinajstić information content (AvgIpc) is 2.45. The van der Waals surface area contributed by atoms with Crippen molar-refractivity contribution < 1.29 is 13.2 Å². The van der Waals surface area contributed by atoms with Crippen molar-refractivity contribution in [1.29, 1.82) is 0 Å². The van der Waals surface area contributed by atoms with E-state index in [1.165, 1.54) is 0 Å². The zero-order valence-electron chi connectivity index (χ0n) is 13.1. The molecule has 0 radical (unpaired) electrons. The van der Waals surface area contributed by atoms with Crippen LogP contribution >= 0.6 is 0 Å². The van der Waals surface area contributed by atoms with E-state index in [1.54, 1.807) is 13.1 Å². The molecular weight excluding hydrogens is 288 g/mol. The first-order valence-electron chi connectivity index (χ1n) is 7.42. The SMILES string of the molecule is CCS(=O)(=O)CCCOc1ccc(CNCC(C)C)nc1. The van der Waals surface area contributed by atoms with Gasteiger partial charge in [-0.15, -0.1) is 0 Å². The maximum atomic E-state index is 11.3. The van der Waals surface area contributed by atoms with Gasteiger partial charge in [-0.3, -0.25) is 4.98 Å². The first kappa shape index (κ1) is 17.9. The van der Waals surface area contributed by atoms with E-state index in [9.17, 15) is 8.42 Å². The second-order valence-corrected chi connectivity index (χ2v) is 7.92. The van der Waals surface area contributed by atoms with Gasteiger partial charge in [0, 0.05) is 12.3 Å². The van der Waals surface area contributed by atoms with Crippen molar-refractivity contribution in [3.63, 3.8) is 0 Å². The summed E-state index contributed by atoms with van der Waals surface area (Å²) in [6.07, 6.45) is 2.19.